The van der Waals surface area contributed by atoms with Gasteiger partial charge >= 0.3 is 5.69 Å². The topological polar surface area (TPSA) is 73.9 Å². The van der Waals surface area contributed by atoms with Gasteiger partial charge in [0.2, 0.25) is 0 Å². The smallest absolute Gasteiger partial charge is 0.328 e. The summed E-state index contributed by atoms with van der Waals surface area (Å²) in [4.78, 5) is 31.7. The highest BCUT2D eigenvalue weighted by Gasteiger charge is 2.09. The Balaban J connectivity index is 2.38. The lowest BCUT2D eigenvalue weighted by Crippen LogP contribution is -2.35. The zero-order chi connectivity index (χ0) is 13.3. The summed E-state index contributed by atoms with van der Waals surface area (Å²) in [6.45, 7) is 3.13. The summed E-state index contributed by atoms with van der Waals surface area (Å²) in [6, 6.07) is 1.77. The fourth-order valence-corrected chi connectivity index (χ4v) is 2.01. The quantitative estimate of drug-likeness (QED) is 0.818. The molecule has 2 aromatic heterocycles. The van der Waals surface area contributed by atoms with Crippen LogP contribution in [0.25, 0.3) is 11.0 Å². The Bertz CT molecular complexity index is 663. The average molecular weight is 250 g/mol. The number of aromatic amines is 2. The minimum absolute atomic E-state index is 0.249. The first-order valence-corrected chi connectivity index (χ1v) is 5.96. The molecule has 0 aliphatic carbocycles. The number of aromatic nitrogens is 3. The first kappa shape index (κ1) is 12.6. The Morgan fingerprint density at radius 3 is 2.67 bits per heavy atom. The standard InChI is InChI=1S/C12H18N4O2/c1-8-7-9-10(13-8)11(17)16(12(18)14-9)6-4-5-15(2)3/h7,13H,4-6H2,1-3H3,(H,14,18). The molecule has 2 rings (SSSR count). The van der Waals surface area contributed by atoms with Crippen molar-refractivity contribution in [2.24, 2.45) is 0 Å². The molecule has 0 saturated heterocycles. The number of H-pyrrole nitrogens is 2. The maximum absolute atomic E-state index is 12.1. The molecular weight excluding hydrogens is 232 g/mol. The number of hydrogen-bond donors (Lipinski definition) is 2. The second-order valence-corrected chi connectivity index (χ2v) is 4.78. The third kappa shape index (κ3) is 2.38. The number of hydrogen-bond acceptors (Lipinski definition) is 3. The Kier molecular flexibility index (Phi) is 3.38. The summed E-state index contributed by atoms with van der Waals surface area (Å²) in [5.41, 5.74) is 1.32. The van der Waals surface area contributed by atoms with E-state index in [1.165, 1.54) is 4.57 Å². The molecular formula is C12H18N4O2. The summed E-state index contributed by atoms with van der Waals surface area (Å²) in [5.74, 6) is 0. The predicted octanol–water partition coefficient (Wildman–Crippen LogP) is 0.278. The number of fused-ring (bicyclic) bond motifs is 1. The number of rotatable bonds is 4. The Labute approximate surface area is 104 Å². The van der Waals surface area contributed by atoms with Gasteiger partial charge in [-0.25, -0.2) is 4.79 Å². The predicted molar refractivity (Wildman–Crippen MR) is 71.1 cm³/mol. The molecule has 0 atom stereocenters. The largest absolute Gasteiger partial charge is 0.353 e. The van der Waals surface area contributed by atoms with E-state index in [1.807, 2.05) is 25.9 Å². The zero-order valence-electron chi connectivity index (χ0n) is 10.9. The van der Waals surface area contributed by atoms with E-state index in [9.17, 15) is 9.59 Å². The highest BCUT2D eigenvalue weighted by atomic mass is 16.2. The van der Waals surface area contributed by atoms with Gasteiger partial charge in [-0.15, -0.1) is 0 Å². The van der Waals surface area contributed by atoms with Crippen LogP contribution >= 0.6 is 0 Å². The second-order valence-electron chi connectivity index (χ2n) is 4.78. The first-order valence-electron chi connectivity index (χ1n) is 5.96. The van der Waals surface area contributed by atoms with Crippen LogP contribution in [0.2, 0.25) is 0 Å². The molecule has 0 amide bonds. The van der Waals surface area contributed by atoms with Crippen LogP contribution in [0.15, 0.2) is 15.7 Å². The van der Waals surface area contributed by atoms with Gasteiger partial charge < -0.3 is 14.9 Å². The molecule has 0 aromatic carbocycles. The van der Waals surface area contributed by atoms with Crippen LogP contribution in [0, 0.1) is 6.92 Å². The first-order chi connectivity index (χ1) is 8.49. The molecule has 18 heavy (non-hydrogen) atoms. The van der Waals surface area contributed by atoms with Gasteiger partial charge in [-0.2, -0.15) is 0 Å². The van der Waals surface area contributed by atoms with Crippen molar-refractivity contribution in [1.82, 2.24) is 19.4 Å². The van der Waals surface area contributed by atoms with E-state index in [4.69, 9.17) is 0 Å². The minimum Gasteiger partial charge on any atom is -0.353 e. The summed E-state index contributed by atoms with van der Waals surface area (Å²) in [6.07, 6.45) is 0.765. The van der Waals surface area contributed by atoms with Gasteiger partial charge in [0.1, 0.15) is 5.52 Å². The molecule has 0 fully saturated rings. The zero-order valence-corrected chi connectivity index (χ0v) is 10.9. The van der Waals surface area contributed by atoms with Crippen molar-refractivity contribution >= 4 is 11.0 Å². The van der Waals surface area contributed by atoms with Crippen molar-refractivity contribution in [3.05, 3.63) is 32.6 Å². The molecule has 0 aliphatic rings. The van der Waals surface area contributed by atoms with E-state index in [0.29, 0.717) is 17.6 Å². The monoisotopic (exact) mass is 250 g/mol. The molecule has 0 unspecified atom stereocenters. The van der Waals surface area contributed by atoms with Gasteiger partial charge in [0.15, 0.2) is 0 Å². The third-order valence-corrected chi connectivity index (χ3v) is 2.89. The summed E-state index contributed by atoms with van der Waals surface area (Å²) in [5, 5.41) is 0. The van der Waals surface area contributed by atoms with E-state index >= 15 is 0 Å². The fraction of sp³-hybridized carbons (Fsp3) is 0.500. The van der Waals surface area contributed by atoms with E-state index in [1.54, 1.807) is 6.07 Å². The molecule has 98 valence electrons. The third-order valence-electron chi connectivity index (χ3n) is 2.89. The van der Waals surface area contributed by atoms with Gasteiger partial charge in [-0.3, -0.25) is 9.36 Å². The van der Waals surface area contributed by atoms with E-state index in [-0.39, 0.29) is 11.2 Å². The second kappa shape index (κ2) is 4.81. The summed E-state index contributed by atoms with van der Waals surface area (Å²) in [7, 11) is 3.93. The average Bonchev–Trinajstić information content (AvgIpc) is 2.63. The van der Waals surface area contributed by atoms with Crippen molar-refractivity contribution in [1.29, 1.82) is 0 Å². The van der Waals surface area contributed by atoms with Crippen LogP contribution in [-0.2, 0) is 6.54 Å². The Hall–Kier alpha value is -1.82. The molecule has 0 radical (unpaired) electrons. The molecule has 2 N–H and O–H groups in total. The van der Waals surface area contributed by atoms with Crippen LogP contribution < -0.4 is 11.2 Å². The molecule has 6 heteroatoms. The SMILES string of the molecule is Cc1cc2[nH]c(=O)n(CCCN(C)C)c(=O)c2[nH]1. The van der Waals surface area contributed by atoms with Crippen molar-refractivity contribution in [3.63, 3.8) is 0 Å². The summed E-state index contributed by atoms with van der Waals surface area (Å²) < 4.78 is 1.25. The van der Waals surface area contributed by atoms with Crippen LogP contribution in [0.1, 0.15) is 12.1 Å². The lowest BCUT2D eigenvalue weighted by molar-refractivity contribution is 0.383. The molecule has 0 aliphatic heterocycles. The van der Waals surface area contributed by atoms with Crippen LogP contribution in [0.4, 0.5) is 0 Å². The van der Waals surface area contributed by atoms with Crippen molar-refractivity contribution in [3.8, 4) is 0 Å². The number of nitrogens with zero attached hydrogens (tertiary/aromatic N) is 2. The molecule has 6 nitrogen and oxygen atoms in total. The Morgan fingerprint density at radius 1 is 1.28 bits per heavy atom. The molecule has 0 saturated carbocycles. The minimum atomic E-state index is -0.342. The highest BCUT2D eigenvalue weighted by molar-refractivity contribution is 5.74. The molecule has 2 aromatic rings. The van der Waals surface area contributed by atoms with E-state index in [0.717, 1.165) is 18.7 Å². The summed E-state index contributed by atoms with van der Waals surface area (Å²) >= 11 is 0. The molecule has 0 bridgehead atoms. The maximum atomic E-state index is 12.1. The molecule has 0 spiro atoms. The lowest BCUT2D eigenvalue weighted by Gasteiger charge is -2.09. The molecule has 2 heterocycles. The van der Waals surface area contributed by atoms with E-state index in [2.05, 4.69) is 9.97 Å². The number of aryl methyl sites for hydroxylation is 1. The normalized spacial score (nSPS) is 11.6. The van der Waals surface area contributed by atoms with Crippen LogP contribution in [0.5, 0.6) is 0 Å². The van der Waals surface area contributed by atoms with Gasteiger partial charge in [-0.05, 0) is 40.1 Å². The fourth-order valence-electron chi connectivity index (χ4n) is 2.01. The van der Waals surface area contributed by atoms with Crippen LogP contribution in [-0.4, -0.2) is 40.1 Å². The maximum Gasteiger partial charge on any atom is 0.328 e. The van der Waals surface area contributed by atoms with Gasteiger partial charge in [-0.1, -0.05) is 0 Å². The highest BCUT2D eigenvalue weighted by Crippen LogP contribution is 2.05. The number of nitrogens with one attached hydrogen (secondary N) is 2. The van der Waals surface area contributed by atoms with Gasteiger partial charge in [0.05, 0.1) is 5.52 Å². The Morgan fingerprint density at radius 2 is 2.00 bits per heavy atom. The lowest BCUT2D eigenvalue weighted by atomic mass is 10.4. The van der Waals surface area contributed by atoms with Crippen LogP contribution in [0.3, 0.4) is 0 Å². The van der Waals surface area contributed by atoms with Crippen molar-refractivity contribution in [2.75, 3.05) is 20.6 Å². The van der Waals surface area contributed by atoms with Crippen molar-refractivity contribution in [2.45, 2.75) is 19.9 Å². The van der Waals surface area contributed by atoms with Gasteiger partial charge in [0, 0.05) is 12.2 Å². The van der Waals surface area contributed by atoms with Crippen molar-refractivity contribution < 1.29 is 0 Å². The van der Waals surface area contributed by atoms with E-state index < -0.39 is 0 Å². The van der Waals surface area contributed by atoms with Gasteiger partial charge in [0.25, 0.3) is 5.56 Å².